The van der Waals surface area contributed by atoms with E-state index < -0.39 is 144 Å². The molecule has 0 nitrogen and oxygen atoms in total. The summed E-state index contributed by atoms with van der Waals surface area (Å²) in [6.07, 6.45) is -7.22. The van der Waals surface area contributed by atoms with Crippen molar-refractivity contribution in [2.24, 2.45) is 0 Å². The predicted octanol–water partition coefficient (Wildman–Crippen LogP) is 5.51. The highest BCUT2D eigenvalue weighted by atomic mass is 28.1. The molecule has 0 radical (unpaired) electrons. The maximum atomic E-state index is 15.4. The van der Waals surface area contributed by atoms with E-state index in [9.17, 15) is 52.7 Å². The standard InChI is InChI=1S/C24BF20.CH5Si/c26-5-1(6(27)14(35)21(42)13(5)34)25(2-7(28)15(36)22(43)16(37)8(2)29,3-9(30)17(38)23(44)18(39)10(3)31)4-11(32)19(40)24(45)20(41)12(4)33;1-2/h;2H2,1H3/q-1;+1. The first-order valence-corrected chi connectivity index (χ1v) is 13.1. The number of rotatable bonds is 4. The summed E-state index contributed by atoms with van der Waals surface area (Å²) >= 11 is 0. The summed E-state index contributed by atoms with van der Waals surface area (Å²) in [7, 11) is 1.86. The van der Waals surface area contributed by atoms with Crippen molar-refractivity contribution in [1.82, 2.24) is 0 Å². The van der Waals surface area contributed by atoms with Crippen LogP contribution in [0.2, 0.25) is 6.55 Å². The third kappa shape index (κ3) is 4.93. The molecule has 4 aromatic carbocycles. The number of halogens is 20. The number of hydrogen-bond acceptors (Lipinski definition) is 0. The molecule has 0 saturated carbocycles. The van der Waals surface area contributed by atoms with E-state index in [0.717, 1.165) is 0 Å². The summed E-state index contributed by atoms with van der Waals surface area (Å²) in [6.45, 7) is 2.03. The molecule has 0 amide bonds. The lowest BCUT2D eigenvalue weighted by atomic mass is 9.12. The van der Waals surface area contributed by atoms with Gasteiger partial charge in [0.1, 0.15) is 52.7 Å². The van der Waals surface area contributed by atoms with Crippen LogP contribution in [0.1, 0.15) is 0 Å². The average molecular weight is 724 g/mol. The molecule has 47 heavy (non-hydrogen) atoms. The number of benzene rings is 4. The van der Waals surface area contributed by atoms with Crippen LogP contribution in [0.3, 0.4) is 0 Å². The summed E-state index contributed by atoms with van der Waals surface area (Å²) in [6, 6.07) is 0. The first-order chi connectivity index (χ1) is 21.7. The van der Waals surface area contributed by atoms with E-state index in [1.807, 2.05) is 16.8 Å². The molecule has 4 rings (SSSR count). The van der Waals surface area contributed by atoms with Gasteiger partial charge in [-0.05, 0) is 0 Å². The Balaban J connectivity index is 0.00000294. The molecule has 0 aliphatic heterocycles. The molecule has 0 atom stereocenters. The topological polar surface area (TPSA) is 0 Å². The van der Waals surface area contributed by atoms with Gasteiger partial charge in [-0.15, -0.1) is 21.9 Å². The van der Waals surface area contributed by atoms with Crippen LogP contribution in [0.25, 0.3) is 0 Å². The van der Waals surface area contributed by atoms with Gasteiger partial charge >= 0.3 is 0 Å². The molecule has 0 fully saturated rings. The van der Waals surface area contributed by atoms with Crippen LogP contribution >= 0.6 is 0 Å². The summed E-state index contributed by atoms with van der Waals surface area (Å²) < 4.78 is 294. The van der Waals surface area contributed by atoms with Gasteiger partial charge in [-0.3, -0.25) is 0 Å². The van der Waals surface area contributed by atoms with Gasteiger partial charge in [-0.25, -0.2) is 87.8 Å². The van der Waals surface area contributed by atoms with Crippen LogP contribution in [0, 0.1) is 116 Å². The molecule has 252 valence electrons. The van der Waals surface area contributed by atoms with Gasteiger partial charge in [-0.2, -0.15) is 0 Å². The Morgan fingerprint density at radius 2 is 0.298 bits per heavy atom. The van der Waals surface area contributed by atoms with E-state index in [2.05, 4.69) is 0 Å². The largest absolute Gasteiger partial charge is 0.280 e. The van der Waals surface area contributed by atoms with Crippen LogP contribution in [0.5, 0.6) is 0 Å². The molecule has 0 unspecified atom stereocenters. The zero-order valence-electron chi connectivity index (χ0n) is 21.8. The smallest absolute Gasteiger partial charge is 0.207 e. The van der Waals surface area contributed by atoms with Crippen LogP contribution in [-0.2, 0) is 0 Å². The fourth-order valence-corrected chi connectivity index (χ4v) is 4.87. The molecule has 22 heteroatoms. The summed E-state index contributed by atoms with van der Waals surface area (Å²) in [4.78, 5) is 0. The minimum Gasteiger partial charge on any atom is -0.207 e. The predicted molar refractivity (Wildman–Crippen MR) is 124 cm³/mol. The van der Waals surface area contributed by atoms with Gasteiger partial charge in [0.05, 0.1) is 6.55 Å². The van der Waals surface area contributed by atoms with Gasteiger partial charge in [0.15, 0.2) is 69.8 Å². The molecular formula is C25H5BF20Si. The van der Waals surface area contributed by atoms with E-state index in [-0.39, 0.29) is 0 Å². The molecule has 0 bridgehead atoms. The highest BCUT2D eigenvalue weighted by Crippen LogP contribution is 2.30. The third-order valence-electron chi connectivity index (χ3n) is 6.71. The van der Waals surface area contributed by atoms with Crippen LogP contribution in [0.4, 0.5) is 87.8 Å². The highest BCUT2D eigenvalue weighted by Gasteiger charge is 2.52. The van der Waals surface area contributed by atoms with E-state index in [1.54, 1.807) is 0 Å². The molecule has 0 aromatic heterocycles. The van der Waals surface area contributed by atoms with E-state index >= 15 is 35.1 Å². The monoisotopic (exact) mass is 724 g/mol. The van der Waals surface area contributed by atoms with Gasteiger partial charge < -0.3 is 0 Å². The average Bonchev–Trinajstić information content (AvgIpc) is 3.05. The Hall–Kier alpha value is -4.24. The van der Waals surface area contributed by atoms with Gasteiger partial charge in [0, 0.05) is 0 Å². The van der Waals surface area contributed by atoms with Crippen LogP contribution in [0.15, 0.2) is 0 Å². The molecule has 0 saturated heterocycles. The van der Waals surface area contributed by atoms with Gasteiger partial charge in [0.2, 0.25) is 0 Å². The van der Waals surface area contributed by atoms with E-state index in [0.29, 0.717) is 0 Å². The normalized spacial score (nSPS) is 11.6. The Labute approximate surface area is 249 Å². The number of hydrogen-bond donors (Lipinski definition) is 0. The van der Waals surface area contributed by atoms with Crippen molar-refractivity contribution in [3.05, 3.63) is 116 Å². The van der Waals surface area contributed by atoms with E-state index in [4.69, 9.17) is 0 Å². The van der Waals surface area contributed by atoms with E-state index in [1.165, 1.54) is 0 Å². The van der Waals surface area contributed by atoms with Crippen molar-refractivity contribution < 1.29 is 87.8 Å². The fraction of sp³-hybridized carbons (Fsp3) is 0.0400. The lowest BCUT2D eigenvalue weighted by Crippen LogP contribution is -2.81. The van der Waals surface area contributed by atoms with Crippen molar-refractivity contribution in [1.29, 1.82) is 0 Å². The zero-order chi connectivity index (χ0) is 36.4. The lowest BCUT2D eigenvalue weighted by Gasteiger charge is -2.44. The van der Waals surface area contributed by atoms with Crippen LogP contribution in [-0.4, -0.2) is 16.4 Å². The second kappa shape index (κ2) is 12.8. The first-order valence-electron chi connectivity index (χ1n) is 11.6. The molecular weight excluding hydrogens is 719 g/mol. The molecule has 0 aliphatic rings. The fourth-order valence-electron chi connectivity index (χ4n) is 4.87. The van der Waals surface area contributed by atoms with Gasteiger partial charge in [-0.1, -0.05) is 0 Å². The van der Waals surface area contributed by atoms with Gasteiger partial charge in [0.25, 0.3) is 10.2 Å². The van der Waals surface area contributed by atoms with Crippen molar-refractivity contribution in [3.8, 4) is 0 Å². The minimum absolute atomic E-state index is 1.86. The quantitative estimate of drug-likeness (QED) is 0.113. The summed E-state index contributed by atoms with van der Waals surface area (Å²) in [5.41, 5.74) is -14.3. The first kappa shape index (κ1) is 37.2. The van der Waals surface area contributed by atoms with Crippen molar-refractivity contribution >= 4 is 38.2 Å². The Bertz CT molecular complexity index is 1580. The maximum absolute atomic E-state index is 15.4. The maximum Gasteiger partial charge on any atom is 0.280 e. The molecule has 0 spiro atoms. The Kier molecular flexibility index (Phi) is 10.1. The summed E-state index contributed by atoms with van der Waals surface area (Å²) in [5, 5.41) is 0. The van der Waals surface area contributed by atoms with Crippen molar-refractivity contribution in [2.75, 3.05) is 0 Å². The Morgan fingerprint density at radius 3 is 0.404 bits per heavy atom. The van der Waals surface area contributed by atoms with Crippen molar-refractivity contribution in [2.45, 2.75) is 6.55 Å². The third-order valence-corrected chi connectivity index (χ3v) is 6.71. The van der Waals surface area contributed by atoms with Crippen LogP contribution < -0.4 is 21.9 Å². The SMILES string of the molecule is C[SiH2+].Fc1c(F)c(F)c([B-](c2c(F)c(F)c(F)c(F)c2F)(c2c(F)c(F)c(F)c(F)c2F)c2c(F)c(F)c(F)c(F)c2F)c(F)c1F. The molecule has 0 heterocycles. The highest BCUT2D eigenvalue weighted by molar-refractivity contribution is 7.20. The van der Waals surface area contributed by atoms with Crippen molar-refractivity contribution in [3.63, 3.8) is 0 Å². The second-order valence-electron chi connectivity index (χ2n) is 8.80. The zero-order valence-corrected chi connectivity index (χ0v) is 23.3. The summed E-state index contributed by atoms with van der Waals surface area (Å²) in [5.74, 6) is -71.4. The molecule has 0 aliphatic carbocycles. The molecule has 0 N–H and O–H groups in total. The minimum atomic E-state index is -7.22. The lowest BCUT2D eigenvalue weighted by molar-refractivity contribution is 0.378. The second-order valence-corrected chi connectivity index (χ2v) is 8.80. The molecule has 4 aromatic rings. The Morgan fingerprint density at radius 1 is 0.213 bits per heavy atom.